The van der Waals surface area contributed by atoms with Gasteiger partial charge >= 0.3 is 0 Å². The lowest BCUT2D eigenvalue weighted by atomic mass is 10.2. The summed E-state index contributed by atoms with van der Waals surface area (Å²) in [5, 5.41) is 3.18. The van der Waals surface area contributed by atoms with Gasteiger partial charge in [0.25, 0.3) is 5.91 Å². The van der Waals surface area contributed by atoms with Crippen molar-refractivity contribution in [3.8, 4) is 5.75 Å². The van der Waals surface area contributed by atoms with Gasteiger partial charge in [0.1, 0.15) is 0 Å². The number of ether oxygens (including phenoxy) is 1. The van der Waals surface area contributed by atoms with Crippen molar-refractivity contribution < 1.29 is 18.3 Å². The number of carbonyl (C=O) groups excluding carboxylic acids is 1. The molecule has 1 aliphatic rings. The van der Waals surface area contributed by atoms with E-state index < -0.39 is 17.4 Å². The molecule has 0 unspecified atom stereocenters. The van der Waals surface area contributed by atoms with E-state index in [0.717, 1.165) is 12.8 Å². The largest absolute Gasteiger partial charge is 0.478 e. The number of rotatable bonds is 7. The van der Waals surface area contributed by atoms with Crippen LogP contribution in [0.5, 0.6) is 5.75 Å². The van der Waals surface area contributed by atoms with Gasteiger partial charge in [-0.1, -0.05) is 0 Å². The van der Waals surface area contributed by atoms with Gasteiger partial charge in [0.15, 0.2) is 24.0 Å². The third kappa shape index (κ3) is 4.39. The number of amides is 1. The smallest absolute Gasteiger partial charge is 0.260 e. The molecule has 0 saturated heterocycles. The minimum Gasteiger partial charge on any atom is -0.478 e. The first-order chi connectivity index (χ1) is 10.0. The van der Waals surface area contributed by atoms with Crippen LogP contribution in [0.25, 0.3) is 0 Å². The van der Waals surface area contributed by atoms with Crippen molar-refractivity contribution in [2.45, 2.75) is 32.4 Å². The van der Waals surface area contributed by atoms with Gasteiger partial charge in [0.05, 0.1) is 0 Å². The molecule has 116 valence electrons. The van der Waals surface area contributed by atoms with Crippen LogP contribution in [-0.4, -0.2) is 37.0 Å². The second-order valence-corrected chi connectivity index (χ2v) is 5.24. The number of halogens is 2. The Balaban J connectivity index is 1.97. The molecule has 1 aliphatic carbocycles. The number of nitrogens with zero attached hydrogens (tertiary/aromatic N) is 1. The molecule has 1 aromatic rings. The first-order valence-corrected chi connectivity index (χ1v) is 7.09. The molecular formula is C15H20F2N2O2. The summed E-state index contributed by atoms with van der Waals surface area (Å²) in [4.78, 5) is 13.0. The summed E-state index contributed by atoms with van der Waals surface area (Å²) in [6.07, 6.45) is 2.22. The highest BCUT2D eigenvalue weighted by Crippen LogP contribution is 2.24. The quantitative estimate of drug-likeness (QED) is 0.838. The molecule has 0 radical (unpaired) electrons. The van der Waals surface area contributed by atoms with E-state index >= 15 is 0 Å². The Hall–Kier alpha value is -1.69. The maximum absolute atomic E-state index is 13.9. The first kappa shape index (κ1) is 15.7. The molecule has 1 fully saturated rings. The fourth-order valence-corrected chi connectivity index (χ4v) is 1.82. The van der Waals surface area contributed by atoms with Crippen LogP contribution in [0.3, 0.4) is 0 Å². The van der Waals surface area contributed by atoms with E-state index in [2.05, 4.69) is 5.32 Å². The Labute approximate surface area is 123 Å². The predicted octanol–water partition coefficient (Wildman–Crippen LogP) is 2.07. The summed E-state index contributed by atoms with van der Waals surface area (Å²) in [5.74, 6) is -2.39. The number of benzene rings is 1. The maximum atomic E-state index is 13.9. The van der Waals surface area contributed by atoms with Crippen molar-refractivity contribution in [2.24, 2.45) is 0 Å². The van der Waals surface area contributed by atoms with Crippen LogP contribution in [0.2, 0.25) is 0 Å². The highest BCUT2D eigenvalue weighted by molar-refractivity contribution is 5.77. The molecule has 21 heavy (non-hydrogen) atoms. The summed E-state index contributed by atoms with van der Waals surface area (Å²) < 4.78 is 32.7. The fourth-order valence-electron chi connectivity index (χ4n) is 1.82. The van der Waals surface area contributed by atoms with E-state index in [1.807, 2.05) is 0 Å². The Kier molecular flexibility index (Phi) is 5.12. The summed E-state index contributed by atoms with van der Waals surface area (Å²) in [5.41, 5.74) is 0.529. The predicted molar refractivity (Wildman–Crippen MR) is 75.0 cm³/mol. The molecule has 0 aromatic heterocycles. The monoisotopic (exact) mass is 298 g/mol. The fraction of sp³-hybridized carbons (Fsp3) is 0.533. The summed E-state index contributed by atoms with van der Waals surface area (Å²) in [7, 11) is 1.60. The van der Waals surface area contributed by atoms with E-state index in [9.17, 15) is 13.6 Å². The summed E-state index contributed by atoms with van der Waals surface area (Å²) in [6.45, 7) is 2.37. The molecular weight excluding hydrogens is 278 g/mol. The second kappa shape index (κ2) is 6.85. The minimum atomic E-state index is -0.783. The van der Waals surface area contributed by atoms with Crippen molar-refractivity contribution in [1.29, 1.82) is 0 Å². The Morgan fingerprint density at radius 2 is 2.00 bits per heavy atom. The highest BCUT2D eigenvalue weighted by Gasteiger charge is 2.21. The first-order valence-electron chi connectivity index (χ1n) is 7.09. The maximum Gasteiger partial charge on any atom is 0.260 e. The number of hydrogen-bond donors (Lipinski definition) is 1. The van der Waals surface area contributed by atoms with E-state index in [1.165, 1.54) is 17.0 Å². The zero-order valence-corrected chi connectivity index (χ0v) is 12.3. The van der Waals surface area contributed by atoms with E-state index in [4.69, 9.17) is 4.74 Å². The Morgan fingerprint density at radius 3 is 2.52 bits per heavy atom. The summed E-state index contributed by atoms with van der Waals surface area (Å²) >= 11 is 0. The van der Waals surface area contributed by atoms with E-state index in [1.54, 1.807) is 14.0 Å². The standard InChI is InChI=1S/C15H20F2N2O2/c1-3-19(2)14(20)9-21-15-12(16)6-10(7-13(15)17)8-18-11-4-5-11/h6-7,11,18H,3-5,8-9H2,1-2H3. The molecule has 4 nitrogen and oxygen atoms in total. The van der Waals surface area contributed by atoms with Gasteiger partial charge in [-0.15, -0.1) is 0 Å². The number of likely N-dealkylation sites (N-methyl/N-ethyl adjacent to an activating group) is 1. The molecule has 0 spiro atoms. The van der Waals surface area contributed by atoms with Gasteiger partial charge in [0.2, 0.25) is 0 Å². The molecule has 0 bridgehead atoms. The molecule has 2 rings (SSSR count). The summed E-state index contributed by atoms with van der Waals surface area (Å²) in [6, 6.07) is 2.94. The Bertz CT molecular complexity index is 495. The van der Waals surface area contributed by atoms with Crippen molar-refractivity contribution in [1.82, 2.24) is 10.2 Å². The normalized spacial score (nSPS) is 14.1. The molecule has 6 heteroatoms. The van der Waals surface area contributed by atoms with Crippen LogP contribution in [0.1, 0.15) is 25.3 Å². The van der Waals surface area contributed by atoms with E-state index in [0.29, 0.717) is 24.7 Å². The van der Waals surface area contributed by atoms with Crippen molar-refractivity contribution in [3.05, 3.63) is 29.3 Å². The van der Waals surface area contributed by atoms with Crippen LogP contribution in [-0.2, 0) is 11.3 Å². The van der Waals surface area contributed by atoms with Crippen LogP contribution < -0.4 is 10.1 Å². The van der Waals surface area contributed by atoms with Gasteiger partial charge < -0.3 is 15.0 Å². The van der Waals surface area contributed by atoms with Crippen molar-refractivity contribution in [3.63, 3.8) is 0 Å². The van der Waals surface area contributed by atoms with Crippen LogP contribution in [0.15, 0.2) is 12.1 Å². The molecule has 0 aliphatic heterocycles. The van der Waals surface area contributed by atoms with Crippen molar-refractivity contribution >= 4 is 5.91 Å². The highest BCUT2D eigenvalue weighted by atomic mass is 19.1. The van der Waals surface area contributed by atoms with E-state index in [-0.39, 0.29) is 12.5 Å². The molecule has 1 saturated carbocycles. The molecule has 1 N–H and O–H groups in total. The topological polar surface area (TPSA) is 41.6 Å². The lowest BCUT2D eigenvalue weighted by molar-refractivity contribution is -0.131. The minimum absolute atomic E-state index is 0.323. The molecule has 0 atom stereocenters. The lowest BCUT2D eigenvalue weighted by Crippen LogP contribution is -2.31. The van der Waals surface area contributed by atoms with Gasteiger partial charge in [-0.3, -0.25) is 4.79 Å². The van der Waals surface area contributed by atoms with Crippen molar-refractivity contribution in [2.75, 3.05) is 20.2 Å². The van der Waals surface area contributed by atoms with Gasteiger partial charge in [-0.05, 0) is 37.5 Å². The van der Waals surface area contributed by atoms with Gasteiger partial charge in [-0.25, -0.2) is 8.78 Å². The number of carbonyl (C=O) groups is 1. The number of hydrogen-bond acceptors (Lipinski definition) is 3. The number of nitrogens with one attached hydrogen (secondary N) is 1. The lowest BCUT2D eigenvalue weighted by Gasteiger charge is -2.15. The second-order valence-electron chi connectivity index (χ2n) is 5.24. The van der Waals surface area contributed by atoms with Crippen LogP contribution >= 0.6 is 0 Å². The third-order valence-electron chi connectivity index (χ3n) is 3.47. The van der Waals surface area contributed by atoms with Crippen LogP contribution in [0, 0.1) is 11.6 Å². The SMILES string of the molecule is CCN(C)C(=O)COc1c(F)cc(CNC2CC2)cc1F. The molecule has 1 aromatic carbocycles. The zero-order chi connectivity index (χ0) is 15.4. The Morgan fingerprint density at radius 1 is 1.38 bits per heavy atom. The van der Waals surface area contributed by atoms with Gasteiger partial charge in [-0.2, -0.15) is 0 Å². The third-order valence-corrected chi connectivity index (χ3v) is 3.47. The zero-order valence-electron chi connectivity index (χ0n) is 12.3. The van der Waals surface area contributed by atoms with Gasteiger partial charge in [0, 0.05) is 26.2 Å². The average molecular weight is 298 g/mol. The van der Waals surface area contributed by atoms with Crippen LogP contribution in [0.4, 0.5) is 8.78 Å². The average Bonchev–Trinajstić information content (AvgIpc) is 3.27. The molecule has 0 heterocycles. The molecule has 1 amide bonds.